The molecule has 0 fully saturated rings. The molecule has 0 aromatic heterocycles. The van der Waals surface area contributed by atoms with Crippen LogP contribution < -0.4 is 19.5 Å². The van der Waals surface area contributed by atoms with Gasteiger partial charge in [0.15, 0.2) is 23.4 Å². The SMILES string of the molecule is COc1ccc(CNC(=O)C(C)Oc2ccc(C(=O)c3ccccc3)cc2)cc1OC. The summed E-state index contributed by atoms with van der Waals surface area (Å²) >= 11 is 0. The largest absolute Gasteiger partial charge is 0.493 e. The zero-order chi connectivity index (χ0) is 22.2. The van der Waals surface area contributed by atoms with Gasteiger partial charge >= 0.3 is 0 Å². The van der Waals surface area contributed by atoms with Crippen LogP contribution in [0.4, 0.5) is 0 Å². The number of carbonyl (C=O) groups is 2. The molecule has 3 rings (SSSR count). The van der Waals surface area contributed by atoms with E-state index in [0.29, 0.717) is 34.9 Å². The molecule has 6 heteroatoms. The number of benzene rings is 3. The highest BCUT2D eigenvalue weighted by Gasteiger charge is 2.15. The smallest absolute Gasteiger partial charge is 0.261 e. The van der Waals surface area contributed by atoms with Gasteiger partial charge in [-0.2, -0.15) is 0 Å². The third-order valence-electron chi connectivity index (χ3n) is 4.75. The van der Waals surface area contributed by atoms with E-state index >= 15 is 0 Å². The Morgan fingerprint density at radius 2 is 1.48 bits per heavy atom. The van der Waals surface area contributed by atoms with Gasteiger partial charge in [-0.05, 0) is 48.9 Å². The number of hydrogen-bond donors (Lipinski definition) is 1. The van der Waals surface area contributed by atoms with Crippen molar-refractivity contribution in [2.45, 2.75) is 19.6 Å². The van der Waals surface area contributed by atoms with E-state index in [1.165, 1.54) is 0 Å². The summed E-state index contributed by atoms with van der Waals surface area (Å²) in [5.41, 5.74) is 2.06. The molecule has 1 unspecified atom stereocenters. The maximum Gasteiger partial charge on any atom is 0.261 e. The Hall–Kier alpha value is -3.80. The molecule has 31 heavy (non-hydrogen) atoms. The Kier molecular flexibility index (Phi) is 7.27. The number of ketones is 1. The fraction of sp³-hybridized carbons (Fsp3) is 0.200. The van der Waals surface area contributed by atoms with Crippen molar-refractivity contribution < 1.29 is 23.8 Å². The zero-order valence-corrected chi connectivity index (χ0v) is 17.8. The van der Waals surface area contributed by atoms with Crippen molar-refractivity contribution in [1.82, 2.24) is 5.32 Å². The van der Waals surface area contributed by atoms with Gasteiger partial charge in [0.2, 0.25) is 0 Å². The lowest BCUT2D eigenvalue weighted by molar-refractivity contribution is -0.127. The van der Waals surface area contributed by atoms with E-state index in [9.17, 15) is 9.59 Å². The molecule has 0 radical (unpaired) electrons. The highest BCUT2D eigenvalue weighted by molar-refractivity contribution is 6.09. The fourth-order valence-corrected chi connectivity index (χ4v) is 3.02. The molecule has 0 saturated carbocycles. The number of nitrogens with one attached hydrogen (secondary N) is 1. The number of hydrogen-bond acceptors (Lipinski definition) is 5. The molecular formula is C25H25NO5. The van der Waals surface area contributed by atoms with Gasteiger partial charge in [0.05, 0.1) is 14.2 Å². The first-order chi connectivity index (χ1) is 15.0. The van der Waals surface area contributed by atoms with Crippen molar-refractivity contribution in [3.8, 4) is 17.2 Å². The third-order valence-corrected chi connectivity index (χ3v) is 4.75. The van der Waals surface area contributed by atoms with Crippen LogP contribution in [0.25, 0.3) is 0 Å². The Bertz CT molecular complexity index is 1030. The molecule has 0 aliphatic carbocycles. The molecular weight excluding hydrogens is 394 g/mol. The van der Waals surface area contributed by atoms with Crippen LogP contribution in [0.15, 0.2) is 72.8 Å². The predicted molar refractivity (Wildman–Crippen MR) is 118 cm³/mol. The van der Waals surface area contributed by atoms with E-state index in [0.717, 1.165) is 5.56 Å². The molecule has 3 aromatic rings. The molecule has 0 heterocycles. The van der Waals surface area contributed by atoms with Crippen LogP contribution in [0.1, 0.15) is 28.4 Å². The van der Waals surface area contributed by atoms with Crippen molar-refractivity contribution in [3.63, 3.8) is 0 Å². The minimum absolute atomic E-state index is 0.0622. The van der Waals surface area contributed by atoms with Crippen LogP contribution in [0.3, 0.4) is 0 Å². The van der Waals surface area contributed by atoms with Crippen molar-refractivity contribution in [3.05, 3.63) is 89.5 Å². The second-order valence-corrected chi connectivity index (χ2v) is 6.89. The summed E-state index contributed by atoms with van der Waals surface area (Å²) in [6.45, 7) is 2.00. The van der Waals surface area contributed by atoms with Gasteiger partial charge in [-0.15, -0.1) is 0 Å². The molecule has 1 N–H and O–H groups in total. The molecule has 0 saturated heterocycles. The van der Waals surface area contributed by atoms with E-state index in [2.05, 4.69) is 5.32 Å². The molecule has 160 valence electrons. The van der Waals surface area contributed by atoms with E-state index < -0.39 is 6.10 Å². The topological polar surface area (TPSA) is 73.9 Å². The minimum atomic E-state index is -0.698. The normalized spacial score (nSPS) is 11.3. The van der Waals surface area contributed by atoms with Crippen LogP contribution in [0.2, 0.25) is 0 Å². The molecule has 0 spiro atoms. The number of carbonyl (C=O) groups excluding carboxylic acids is 2. The first-order valence-electron chi connectivity index (χ1n) is 9.87. The summed E-state index contributed by atoms with van der Waals surface area (Å²) in [4.78, 5) is 24.9. The minimum Gasteiger partial charge on any atom is -0.493 e. The van der Waals surface area contributed by atoms with E-state index in [4.69, 9.17) is 14.2 Å². The Morgan fingerprint density at radius 3 is 2.13 bits per heavy atom. The molecule has 3 aromatic carbocycles. The Labute approximate surface area is 181 Å². The van der Waals surface area contributed by atoms with E-state index in [1.807, 2.05) is 30.3 Å². The van der Waals surface area contributed by atoms with Gasteiger partial charge in [0.25, 0.3) is 5.91 Å². The lowest BCUT2D eigenvalue weighted by Crippen LogP contribution is -2.35. The van der Waals surface area contributed by atoms with Crippen LogP contribution in [-0.2, 0) is 11.3 Å². The average Bonchev–Trinajstić information content (AvgIpc) is 2.82. The predicted octanol–water partition coefficient (Wildman–Crippen LogP) is 4.02. The first kappa shape index (κ1) is 21.9. The highest BCUT2D eigenvalue weighted by atomic mass is 16.5. The summed E-state index contributed by atoms with van der Waals surface area (Å²) in [6, 6.07) is 21.3. The van der Waals surface area contributed by atoms with Gasteiger partial charge < -0.3 is 19.5 Å². The summed E-state index contributed by atoms with van der Waals surface area (Å²) in [6.07, 6.45) is -0.698. The van der Waals surface area contributed by atoms with Crippen LogP contribution >= 0.6 is 0 Å². The van der Waals surface area contributed by atoms with Crippen molar-refractivity contribution >= 4 is 11.7 Å². The summed E-state index contributed by atoms with van der Waals surface area (Å²) in [5.74, 6) is 1.43. The second kappa shape index (κ2) is 10.3. The number of amides is 1. The molecule has 0 aliphatic heterocycles. The van der Waals surface area contributed by atoms with Gasteiger partial charge in [-0.3, -0.25) is 9.59 Å². The van der Waals surface area contributed by atoms with Gasteiger partial charge in [0, 0.05) is 17.7 Å². The summed E-state index contributed by atoms with van der Waals surface area (Å²) in [5, 5.41) is 2.84. The number of ether oxygens (including phenoxy) is 3. The average molecular weight is 419 g/mol. The highest BCUT2D eigenvalue weighted by Crippen LogP contribution is 2.27. The molecule has 6 nitrogen and oxygen atoms in total. The maximum atomic E-state index is 12.5. The second-order valence-electron chi connectivity index (χ2n) is 6.89. The Balaban J connectivity index is 1.55. The quantitative estimate of drug-likeness (QED) is 0.531. The van der Waals surface area contributed by atoms with Gasteiger partial charge in [0.1, 0.15) is 5.75 Å². The molecule has 1 atom stereocenters. The summed E-state index contributed by atoms with van der Waals surface area (Å²) in [7, 11) is 3.14. The van der Waals surface area contributed by atoms with Crippen LogP contribution in [0, 0.1) is 0 Å². The van der Waals surface area contributed by atoms with E-state index in [-0.39, 0.29) is 11.7 Å². The monoisotopic (exact) mass is 419 g/mol. The van der Waals surface area contributed by atoms with Gasteiger partial charge in [-0.25, -0.2) is 0 Å². The number of rotatable bonds is 9. The standard InChI is InChI=1S/C25H25NO5/c1-17(25(28)26-16-18-9-14-22(29-2)23(15-18)30-3)31-21-12-10-20(11-13-21)24(27)19-7-5-4-6-8-19/h4-15,17H,16H2,1-3H3,(H,26,28). The van der Waals surface area contributed by atoms with E-state index in [1.54, 1.807) is 63.6 Å². The van der Waals surface area contributed by atoms with Crippen molar-refractivity contribution in [2.75, 3.05) is 14.2 Å². The molecule has 0 bridgehead atoms. The van der Waals surface area contributed by atoms with Crippen LogP contribution in [0.5, 0.6) is 17.2 Å². The third kappa shape index (κ3) is 5.63. The van der Waals surface area contributed by atoms with Crippen LogP contribution in [-0.4, -0.2) is 32.0 Å². The first-order valence-corrected chi connectivity index (χ1v) is 9.87. The van der Waals surface area contributed by atoms with Gasteiger partial charge in [-0.1, -0.05) is 36.4 Å². The lowest BCUT2D eigenvalue weighted by Gasteiger charge is -2.15. The fourth-order valence-electron chi connectivity index (χ4n) is 3.02. The molecule has 1 amide bonds. The zero-order valence-electron chi connectivity index (χ0n) is 17.8. The molecule has 0 aliphatic rings. The van der Waals surface area contributed by atoms with Crippen molar-refractivity contribution in [2.24, 2.45) is 0 Å². The van der Waals surface area contributed by atoms with Crippen molar-refractivity contribution in [1.29, 1.82) is 0 Å². The maximum absolute atomic E-state index is 12.5. The lowest BCUT2D eigenvalue weighted by atomic mass is 10.0. The summed E-state index contributed by atoms with van der Waals surface area (Å²) < 4.78 is 16.2. The number of methoxy groups -OCH3 is 2. The Morgan fingerprint density at radius 1 is 0.839 bits per heavy atom.